The standard InChI is InChI=1S/C26H27N3O3S/c30-26(14-11-23-8-4-5-17-27-23)28-24-9-12-25(13-10-24)33(31,32)29-18-15-22(16-19-29)20-21-6-2-1-3-7-21/h1-14,17,22H,15-16,18-20H2,(H,28,30)/b14-11+. The first-order valence-corrected chi connectivity index (χ1v) is 12.5. The van der Waals surface area contributed by atoms with Crippen molar-refractivity contribution in [3.8, 4) is 0 Å². The van der Waals surface area contributed by atoms with Gasteiger partial charge in [-0.3, -0.25) is 9.78 Å². The molecule has 1 amide bonds. The third kappa shape index (κ3) is 6.15. The number of piperidine rings is 1. The van der Waals surface area contributed by atoms with Crippen molar-refractivity contribution in [1.82, 2.24) is 9.29 Å². The number of amides is 1. The molecule has 6 nitrogen and oxygen atoms in total. The first-order chi connectivity index (χ1) is 16.0. The van der Waals surface area contributed by atoms with Gasteiger partial charge in [0.25, 0.3) is 0 Å². The van der Waals surface area contributed by atoms with E-state index in [1.165, 1.54) is 11.6 Å². The number of sulfonamides is 1. The summed E-state index contributed by atoms with van der Waals surface area (Å²) < 4.78 is 27.7. The van der Waals surface area contributed by atoms with Crippen LogP contribution in [0.2, 0.25) is 0 Å². The molecule has 1 aliphatic heterocycles. The van der Waals surface area contributed by atoms with Gasteiger partial charge < -0.3 is 5.32 Å². The highest BCUT2D eigenvalue weighted by atomic mass is 32.2. The molecule has 1 aromatic heterocycles. The number of aromatic nitrogens is 1. The number of nitrogens with zero attached hydrogens (tertiary/aromatic N) is 2. The van der Waals surface area contributed by atoms with Gasteiger partial charge in [-0.1, -0.05) is 36.4 Å². The Morgan fingerprint density at radius 3 is 2.33 bits per heavy atom. The monoisotopic (exact) mass is 461 g/mol. The van der Waals surface area contributed by atoms with Crippen LogP contribution in [0, 0.1) is 5.92 Å². The first kappa shape index (κ1) is 22.9. The number of pyridine rings is 1. The van der Waals surface area contributed by atoms with E-state index < -0.39 is 10.0 Å². The zero-order valence-corrected chi connectivity index (χ0v) is 19.1. The molecule has 0 radical (unpaired) electrons. The van der Waals surface area contributed by atoms with Crippen LogP contribution in [0.25, 0.3) is 6.08 Å². The normalized spacial score (nSPS) is 15.5. The third-order valence-electron chi connectivity index (χ3n) is 5.79. The van der Waals surface area contributed by atoms with Crippen LogP contribution in [-0.4, -0.2) is 36.7 Å². The van der Waals surface area contributed by atoms with E-state index in [4.69, 9.17) is 0 Å². The quantitative estimate of drug-likeness (QED) is 0.530. The van der Waals surface area contributed by atoms with E-state index in [0.29, 0.717) is 30.4 Å². The van der Waals surface area contributed by atoms with Crippen molar-refractivity contribution in [2.24, 2.45) is 5.92 Å². The summed E-state index contributed by atoms with van der Waals surface area (Å²) in [6, 6.07) is 22.1. The Labute approximate surface area is 195 Å². The van der Waals surface area contributed by atoms with Crippen LogP contribution in [0.1, 0.15) is 24.1 Å². The minimum absolute atomic E-state index is 0.242. The molecule has 2 aromatic carbocycles. The van der Waals surface area contributed by atoms with Crippen LogP contribution in [0.4, 0.5) is 5.69 Å². The van der Waals surface area contributed by atoms with Crippen LogP contribution < -0.4 is 5.32 Å². The molecule has 4 rings (SSSR count). The van der Waals surface area contributed by atoms with E-state index in [1.807, 2.05) is 24.3 Å². The largest absolute Gasteiger partial charge is 0.323 e. The van der Waals surface area contributed by atoms with Crippen molar-refractivity contribution >= 4 is 27.7 Å². The van der Waals surface area contributed by atoms with Crippen molar-refractivity contribution in [2.45, 2.75) is 24.2 Å². The second-order valence-corrected chi connectivity index (χ2v) is 10.1. The van der Waals surface area contributed by atoms with Crippen molar-refractivity contribution in [1.29, 1.82) is 0 Å². The molecule has 1 saturated heterocycles. The molecule has 2 heterocycles. The van der Waals surface area contributed by atoms with Crippen molar-refractivity contribution < 1.29 is 13.2 Å². The van der Waals surface area contributed by atoms with Crippen LogP contribution in [0.3, 0.4) is 0 Å². The van der Waals surface area contributed by atoms with Crippen molar-refractivity contribution in [3.05, 3.63) is 96.3 Å². The van der Waals surface area contributed by atoms with Crippen LogP contribution in [0.5, 0.6) is 0 Å². The Balaban J connectivity index is 1.32. The van der Waals surface area contributed by atoms with Gasteiger partial charge in [0.2, 0.25) is 15.9 Å². The Hall–Kier alpha value is -3.29. The molecule has 33 heavy (non-hydrogen) atoms. The molecule has 1 fully saturated rings. The first-order valence-electron chi connectivity index (χ1n) is 11.0. The summed E-state index contributed by atoms with van der Waals surface area (Å²) in [5.74, 6) is 0.187. The average Bonchev–Trinajstić information content (AvgIpc) is 2.85. The number of nitrogens with one attached hydrogen (secondary N) is 1. The lowest BCUT2D eigenvalue weighted by Gasteiger charge is -2.31. The summed E-state index contributed by atoms with van der Waals surface area (Å²) in [5, 5.41) is 2.74. The molecule has 0 bridgehead atoms. The number of anilines is 1. The van der Waals surface area contributed by atoms with E-state index in [9.17, 15) is 13.2 Å². The van der Waals surface area contributed by atoms with Crippen LogP contribution in [-0.2, 0) is 21.2 Å². The molecule has 0 saturated carbocycles. The maximum Gasteiger partial charge on any atom is 0.248 e. The molecular formula is C26H27N3O3S. The minimum Gasteiger partial charge on any atom is -0.323 e. The van der Waals surface area contributed by atoms with Gasteiger partial charge in [-0.25, -0.2) is 8.42 Å². The van der Waals surface area contributed by atoms with E-state index in [-0.39, 0.29) is 10.8 Å². The lowest BCUT2D eigenvalue weighted by atomic mass is 9.91. The van der Waals surface area contributed by atoms with Gasteiger partial charge in [0.1, 0.15) is 0 Å². The van der Waals surface area contributed by atoms with E-state index >= 15 is 0 Å². The van der Waals surface area contributed by atoms with Crippen LogP contribution >= 0.6 is 0 Å². The predicted octanol–water partition coefficient (Wildman–Crippen LogP) is 4.38. The Morgan fingerprint density at radius 2 is 1.67 bits per heavy atom. The topological polar surface area (TPSA) is 79.4 Å². The fourth-order valence-corrected chi connectivity index (χ4v) is 5.45. The second kappa shape index (κ2) is 10.6. The second-order valence-electron chi connectivity index (χ2n) is 8.14. The van der Waals surface area contributed by atoms with E-state index in [1.54, 1.807) is 53.0 Å². The zero-order chi connectivity index (χ0) is 23.1. The number of hydrogen-bond acceptors (Lipinski definition) is 4. The molecular weight excluding hydrogens is 434 g/mol. The fourth-order valence-electron chi connectivity index (χ4n) is 3.98. The van der Waals surface area contributed by atoms with E-state index in [0.717, 1.165) is 19.3 Å². The van der Waals surface area contributed by atoms with Gasteiger partial charge in [-0.2, -0.15) is 4.31 Å². The molecule has 3 aromatic rings. The maximum absolute atomic E-state index is 13.1. The molecule has 0 aliphatic carbocycles. The number of hydrogen-bond donors (Lipinski definition) is 1. The molecule has 1 aliphatic rings. The van der Waals surface area contributed by atoms with Crippen LogP contribution in [0.15, 0.2) is 90.0 Å². The van der Waals surface area contributed by atoms with Gasteiger partial charge in [0.05, 0.1) is 10.6 Å². The Morgan fingerprint density at radius 1 is 0.970 bits per heavy atom. The average molecular weight is 462 g/mol. The molecule has 170 valence electrons. The fraction of sp³-hybridized carbons (Fsp3) is 0.231. The Bertz CT molecular complexity index is 1190. The van der Waals surface area contributed by atoms with E-state index in [2.05, 4.69) is 22.4 Å². The summed E-state index contributed by atoms with van der Waals surface area (Å²) in [4.78, 5) is 16.5. The highest BCUT2D eigenvalue weighted by Gasteiger charge is 2.29. The number of rotatable bonds is 7. The highest BCUT2D eigenvalue weighted by Crippen LogP contribution is 2.26. The lowest BCUT2D eigenvalue weighted by Crippen LogP contribution is -2.38. The number of carbonyl (C=O) groups excluding carboxylic acids is 1. The van der Waals surface area contributed by atoms with Crippen molar-refractivity contribution in [2.75, 3.05) is 18.4 Å². The summed E-state index contributed by atoms with van der Waals surface area (Å²) in [5.41, 5.74) is 2.51. The molecule has 0 spiro atoms. The van der Waals surface area contributed by atoms with Gasteiger partial charge in [0, 0.05) is 31.0 Å². The highest BCUT2D eigenvalue weighted by molar-refractivity contribution is 7.89. The SMILES string of the molecule is O=C(/C=C/c1ccccn1)Nc1ccc(S(=O)(=O)N2CCC(Cc3ccccc3)CC2)cc1. The number of benzene rings is 2. The van der Waals surface area contributed by atoms with Gasteiger partial charge in [-0.15, -0.1) is 0 Å². The summed E-state index contributed by atoms with van der Waals surface area (Å²) in [6.07, 6.45) is 7.36. The third-order valence-corrected chi connectivity index (χ3v) is 7.71. The smallest absolute Gasteiger partial charge is 0.248 e. The van der Waals surface area contributed by atoms with Gasteiger partial charge >= 0.3 is 0 Å². The van der Waals surface area contributed by atoms with Crippen molar-refractivity contribution in [3.63, 3.8) is 0 Å². The molecule has 1 N–H and O–H groups in total. The molecule has 0 unspecified atom stereocenters. The Kier molecular flexibility index (Phi) is 7.32. The summed E-state index contributed by atoms with van der Waals surface area (Å²) in [7, 11) is -3.55. The maximum atomic E-state index is 13.1. The zero-order valence-electron chi connectivity index (χ0n) is 18.3. The lowest BCUT2D eigenvalue weighted by molar-refractivity contribution is -0.111. The minimum atomic E-state index is -3.55. The van der Waals surface area contributed by atoms with Gasteiger partial charge in [0.15, 0.2) is 0 Å². The predicted molar refractivity (Wildman–Crippen MR) is 130 cm³/mol. The molecule has 7 heteroatoms. The summed E-state index contributed by atoms with van der Waals surface area (Å²) in [6.45, 7) is 1.05. The molecule has 0 atom stereocenters. The van der Waals surface area contributed by atoms with Gasteiger partial charge in [-0.05, 0) is 73.2 Å². The number of carbonyl (C=O) groups is 1. The summed E-state index contributed by atoms with van der Waals surface area (Å²) >= 11 is 0.